The number of likely N-dealkylation sites (tertiary alicyclic amines) is 1. The molecule has 19 heavy (non-hydrogen) atoms. The molecule has 0 radical (unpaired) electrons. The van der Waals surface area contributed by atoms with E-state index in [1.165, 1.54) is 25.8 Å². The lowest BCUT2D eigenvalue weighted by atomic mass is 9.87. The predicted molar refractivity (Wildman–Crippen MR) is 80.2 cm³/mol. The van der Waals surface area contributed by atoms with Crippen molar-refractivity contribution in [3.63, 3.8) is 0 Å². The largest absolute Gasteiger partial charge is 0.393 e. The molecular formula is C16H32N2O. The van der Waals surface area contributed by atoms with Crippen LogP contribution in [-0.2, 0) is 0 Å². The van der Waals surface area contributed by atoms with Crippen molar-refractivity contribution in [2.75, 3.05) is 19.6 Å². The number of hydrogen-bond donors (Lipinski definition) is 2. The lowest BCUT2D eigenvalue weighted by Gasteiger charge is -2.43. The summed E-state index contributed by atoms with van der Waals surface area (Å²) in [5.41, 5.74) is 0. The minimum Gasteiger partial charge on any atom is -0.393 e. The standard InChI is InChI=1S/C16H32N2O/c1-4-8-17-15-9-14(16(19)5-2)10-18(11-15)12(3)13-6-7-13/h12-17,19H,4-11H2,1-3H3. The van der Waals surface area contributed by atoms with Crippen LogP contribution in [0.4, 0.5) is 0 Å². The van der Waals surface area contributed by atoms with Crippen LogP contribution >= 0.6 is 0 Å². The quantitative estimate of drug-likeness (QED) is 0.743. The Morgan fingerprint density at radius 3 is 2.53 bits per heavy atom. The van der Waals surface area contributed by atoms with Crippen LogP contribution in [0.3, 0.4) is 0 Å². The van der Waals surface area contributed by atoms with Crippen molar-refractivity contribution in [2.45, 2.75) is 71.1 Å². The topological polar surface area (TPSA) is 35.5 Å². The number of aliphatic hydroxyl groups is 1. The van der Waals surface area contributed by atoms with Crippen molar-refractivity contribution < 1.29 is 5.11 Å². The maximum Gasteiger partial charge on any atom is 0.0578 e. The van der Waals surface area contributed by atoms with E-state index in [0.717, 1.165) is 31.8 Å². The van der Waals surface area contributed by atoms with Gasteiger partial charge in [0.2, 0.25) is 0 Å². The first kappa shape index (κ1) is 15.3. The van der Waals surface area contributed by atoms with Gasteiger partial charge in [-0.2, -0.15) is 0 Å². The Morgan fingerprint density at radius 2 is 1.95 bits per heavy atom. The highest BCUT2D eigenvalue weighted by Gasteiger charge is 2.37. The molecule has 0 bridgehead atoms. The summed E-state index contributed by atoms with van der Waals surface area (Å²) < 4.78 is 0. The lowest BCUT2D eigenvalue weighted by Crippen LogP contribution is -2.54. The van der Waals surface area contributed by atoms with E-state index < -0.39 is 0 Å². The van der Waals surface area contributed by atoms with Gasteiger partial charge in [0.05, 0.1) is 6.10 Å². The zero-order valence-electron chi connectivity index (χ0n) is 12.9. The van der Waals surface area contributed by atoms with Crippen molar-refractivity contribution in [3.05, 3.63) is 0 Å². The average Bonchev–Trinajstić information content (AvgIpc) is 3.27. The fourth-order valence-corrected chi connectivity index (χ4v) is 3.49. The summed E-state index contributed by atoms with van der Waals surface area (Å²) in [7, 11) is 0. The SMILES string of the molecule is CCCNC1CC(C(O)CC)CN(C(C)C2CC2)C1. The van der Waals surface area contributed by atoms with Gasteiger partial charge in [-0.05, 0) is 57.4 Å². The number of nitrogens with zero attached hydrogens (tertiary/aromatic N) is 1. The molecule has 1 aliphatic heterocycles. The van der Waals surface area contributed by atoms with Crippen LogP contribution in [0.25, 0.3) is 0 Å². The molecule has 2 N–H and O–H groups in total. The molecule has 0 aromatic carbocycles. The van der Waals surface area contributed by atoms with Crippen LogP contribution in [0.1, 0.15) is 52.9 Å². The van der Waals surface area contributed by atoms with Crippen molar-refractivity contribution in [3.8, 4) is 0 Å². The average molecular weight is 268 g/mol. The fourth-order valence-electron chi connectivity index (χ4n) is 3.49. The first-order chi connectivity index (χ1) is 9.15. The van der Waals surface area contributed by atoms with Gasteiger partial charge in [-0.1, -0.05) is 13.8 Å². The highest BCUT2D eigenvalue weighted by molar-refractivity contribution is 4.92. The van der Waals surface area contributed by atoms with E-state index in [9.17, 15) is 5.11 Å². The highest BCUT2D eigenvalue weighted by atomic mass is 16.3. The third kappa shape index (κ3) is 4.17. The van der Waals surface area contributed by atoms with Gasteiger partial charge < -0.3 is 10.4 Å². The Morgan fingerprint density at radius 1 is 1.21 bits per heavy atom. The normalized spacial score (nSPS) is 32.2. The summed E-state index contributed by atoms with van der Waals surface area (Å²) in [5, 5.41) is 13.9. The van der Waals surface area contributed by atoms with Gasteiger partial charge in [0.15, 0.2) is 0 Å². The zero-order chi connectivity index (χ0) is 13.8. The molecule has 4 atom stereocenters. The Kier molecular flexibility index (Phi) is 5.67. The summed E-state index contributed by atoms with van der Waals surface area (Å²) >= 11 is 0. The molecule has 2 fully saturated rings. The van der Waals surface area contributed by atoms with Crippen LogP contribution in [0.15, 0.2) is 0 Å². The Hall–Kier alpha value is -0.120. The van der Waals surface area contributed by atoms with E-state index in [2.05, 4.69) is 31.0 Å². The van der Waals surface area contributed by atoms with Gasteiger partial charge in [-0.3, -0.25) is 4.90 Å². The molecule has 3 heteroatoms. The van der Waals surface area contributed by atoms with Gasteiger partial charge in [-0.15, -0.1) is 0 Å². The van der Waals surface area contributed by atoms with E-state index in [0.29, 0.717) is 18.0 Å². The second kappa shape index (κ2) is 7.05. The predicted octanol–water partition coefficient (Wildman–Crippen LogP) is 2.25. The minimum absolute atomic E-state index is 0.125. The molecule has 1 aliphatic carbocycles. The number of hydrogen-bond acceptors (Lipinski definition) is 3. The smallest absolute Gasteiger partial charge is 0.0578 e. The molecule has 0 aromatic rings. The highest BCUT2D eigenvalue weighted by Crippen LogP contribution is 2.37. The van der Waals surface area contributed by atoms with Crippen LogP contribution in [0.2, 0.25) is 0 Å². The minimum atomic E-state index is -0.125. The summed E-state index contributed by atoms with van der Waals surface area (Å²) in [6.45, 7) is 10.1. The van der Waals surface area contributed by atoms with Crippen molar-refractivity contribution in [1.82, 2.24) is 10.2 Å². The summed E-state index contributed by atoms with van der Waals surface area (Å²) in [5.74, 6) is 1.37. The molecule has 1 saturated heterocycles. The first-order valence-corrected chi connectivity index (χ1v) is 8.31. The molecule has 0 aromatic heterocycles. The van der Waals surface area contributed by atoms with Gasteiger partial charge in [-0.25, -0.2) is 0 Å². The third-order valence-electron chi connectivity index (χ3n) is 5.04. The van der Waals surface area contributed by atoms with Crippen molar-refractivity contribution >= 4 is 0 Å². The number of piperidine rings is 1. The summed E-state index contributed by atoms with van der Waals surface area (Å²) in [6.07, 6.45) is 5.91. The fraction of sp³-hybridized carbons (Fsp3) is 1.00. The van der Waals surface area contributed by atoms with Crippen molar-refractivity contribution in [1.29, 1.82) is 0 Å². The zero-order valence-corrected chi connectivity index (χ0v) is 12.9. The first-order valence-electron chi connectivity index (χ1n) is 8.31. The van der Waals surface area contributed by atoms with Crippen molar-refractivity contribution in [2.24, 2.45) is 11.8 Å². The van der Waals surface area contributed by atoms with E-state index in [4.69, 9.17) is 0 Å². The molecular weight excluding hydrogens is 236 g/mol. The molecule has 0 spiro atoms. The lowest BCUT2D eigenvalue weighted by molar-refractivity contribution is 0.0182. The molecule has 0 amide bonds. The molecule has 1 heterocycles. The van der Waals surface area contributed by atoms with E-state index in [1.54, 1.807) is 0 Å². The molecule has 4 unspecified atom stereocenters. The Balaban J connectivity index is 1.94. The maximum absolute atomic E-state index is 10.2. The van der Waals surface area contributed by atoms with E-state index in [1.807, 2.05) is 0 Å². The number of nitrogens with one attached hydrogen (secondary N) is 1. The number of rotatable bonds is 7. The van der Waals surface area contributed by atoms with Crippen LogP contribution < -0.4 is 5.32 Å². The van der Waals surface area contributed by atoms with Crippen LogP contribution in [0, 0.1) is 11.8 Å². The Bertz CT molecular complexity index is 267. The molecule has 2 aliphatic rings. The molecule has 3 nitrogen and oxygen atoms in total. The second-order valence-electron chi connectivity index (χ2n) is 6.65. The van der Waals surface area contributed by atoms with Gasteiger partial charge in [0.25, 0.3) is 0 Å². The monoisotopic (exact) mass is 268 g/mol. The van der Waals surface area contributed by atoms with Gasteiger partial charge in [0, 0.05) is 25.2 Å². The molecule has 2 rings (SSSR count). The molecule has 112 valence electrons. The van der Waals surface area contributed by atoms with Crippen LogP contribution in [0.5, 0.6) is 0 Å². The third-order valence-corrected chi connectivity index (χ3v) is 5.04. The van der Waals surface area contributed by atoms with Crippen LogP contribution in [-0.4, -0.2) is 47.8 Å². The van der Waals surface area contributed by atoms with Gasteiger partial charge >= 0.3 is 0 Å². The summed E-state index contributed by atoms with van der Waals surface area (Å²) in [4.78, 5) is 2.64. The van der Waals surface area contributed by atoms with E-state index in [-0.39, 0.29) is 6.10 Å². The van der Waals surface area contributed by atoms with E-state index >= 15 is 0 Å². The number of aliphatic hydroxyl groups excluding tert-OH is 1. The Labute approximate surface area is 118 Å². The second-order valence-corrected chi connectivity index (χ2v) is 6.65. The summed E-state index contributed by atoms with van der Waals surface area (Å²) in [6, 6.07) is 1.28. The molecule has 1 saturated carbocycles. The van der Waals surface area contributed by atoms with Gasteiger partial charge in [0.1, 0.15) is 0 Å². The maximum atomic E-state index is 10.2.